The Morgan fingerprint density at radius 2 is 2.15 bits per heavy atom. The van der Waals surface area contributed by atoms with Crippen LogP contribution in [0.2, 0.25) is 0 Å². The van der Waals surface area contributed by atoms with Gasteiger partial charge in [-0.15, -0.1) is 11.3 Å². The second-order valence-corrected chi connectivity index (χ2v) is 7.05. The molecule has 0 aromatic carbocycles. The lowest BCUT2D eigenvalue weighted by Gasteiger charge is -2.16. The second-order valence-electron chi connectivity index (χ2n) is 6.10. The molecule has 3 aromatic rings. The van der Waals surface area contributed by atoms with E-state index in [0.29, 0.717) is 31.2 Å². The summed E-state index contributed by atoms with van der Waals surface area (Å²) in [5.74, 6) is 0.533. The van der Waals surface area contributed by atoms with Crippen LogP contribution in [0.15, 0.2) is 40.4 Å². The predicted octanol–water partition coefficient (Wildman–Crippen LogP) is 3.84. The van der Waals surface area contributed by atoms with Crippen LogP contribution in [-0.4, -0.2) is 39.0 Å². The molecule has 1 amide bonds. The van der Waals surface area contributed by atoms with Crippen molar-refractivity contribution >= 4 is 17.2 Å². The van der Waals surface area contributed by atoms with Crippen LogP contribution < -0.4 is 0 Å². The maximum absolute atomic E-state index is 12.6. The predicted molar refractivity (Wildman–Crippen MR) is 90.1 cm³/mol. The summed E-state index contributed by atoms with van der Waals surface area (Å²) in [4.78, 5) is 22.7. The molecular weight excluding hydrogens is 381 g/mol. The van der Waals surface area contributed by atoms with E-state index in [1.807, 2.05) is 17.5 Å². The number of thiophene rings is 1. The number of pyridine rings is 1. The minimum absolute atomic E-state index is 0.0752. The molecule has 6 nitrogen and oxygen atoms in total. The van der Waals surface area contributed by atoms with Gasteiger partial charge in [-0.05, 0) is 30.0 Å². The third kappa shape index (κ3) is 3.57. The topological polar surface area (TPSA) is 72.1 Å². The third-order valence-corrected chi connectivity index (χ3v) is 5.17. The zero-order chi connectivity index (χ0) is 19.0. The zero-order valence-electron chi connectivity index (χ0n) is 13.8. The Kier molecular flexibility index (Phi) is 4.42. The largest absolute Gasteiger partial charge is 0.433 e. The third-order valence-electron chi connectivity index (χ3n) is 4.32. The minimum Gasteiger partial charge on any atom is -0.338 e. The lowest BCUT2D eigenvalue weighted by Crippen LogP contribution is -2.28. The first-order valence-corrected chi connectivity index (χ1v) is 9.00. The van der Waals surface area contributed by atoms with E-state index in [9.17, 15) is 18.0 Å². The smallest absolute Gasteiger partial charge is 0.338 e. The summed E-state index contributed by atoms with van der Waals surface area (Å²) >= 11 is 1.49. The Balaban J connectivity index is 1.44. The molecule has 27 heavy (non-hydrogen) atoms. The fraction of sp³-hybridized carbons (Fsp3) is 0.294. The number of hydrogen-bond acceptors (Lipinski definition) is 6. The molecule has 4 heterocycles. The van der Waals surface area contributed by atoms with Crippen molar-refractivity contribution < 1.29 is 22.5 Å². The Labute approximate surface area is 155 Å². The molecule has 0 bridgehead atoms. The van der Waals surface area contributed by atoms with E-state index in [1.54, 1.807) is 4.90 Å². The molecule has 0 N–H and O–H groups in total. The van der Waals surface area contributed by atoms with E-state index in [1.165, 1.54) is 11.3 Å². The van der Waals surface area contributed by atoms with Crippen LogP contribution >= 0.6 is 11.3 Å². The number of carbonyl (C=O) groups is 1. The average Bonchev–Trinajstić information content (AvgIpc) is 3.40. The van der Waals surface area contributed by atoms with Crippen LogP contribution in [0.25, 0.3) is 10.8 Å². The van der Waals surface area contributed by atoms with E-state index in [-0.39, 0.29) is 17.4 Å². The minimum atomic E-state index is -4.53. The van der Waals surface area contributed by atoms with Crippen LogP contribution in [0, 0.1) is 0 Å². The first-order valence-electron chi connectivity index (χ1n) is 8.12. The summed E-state index contributed by atoms with van der Waals surface area (Å²) in [6.07, 6.45) is -2.91. The second kappa shape index (κ2) is 6.76. The lowest BCUT2D eigenvalue weighted by molar-refractivity contribution is -0.141. The molecule has 1 atom stereocenters. The van der Waals surface area contributed by atoms with E-state index in [4.69, 9.17) is 4.52 Å². The van der Waals surface area contributed by atoms with Gasteiger partial charge in [0, 0.05) is 25.2 Å². The summed E-state index contributed by atoms with van der Waals surface area (Å²) in [6.45, 7) is 0.844. The van der Waals surface area contributed by atoms with E-state index in [2.05, 4.69) is 15.1 Å². The zero-order valence-corrected chi connectivity index (χ0v) is 14.6. The van der Waals surface area contributed by atoms with Gasteiger partial charge in [0.2, 0.25) is 0 Å². The van der Waals surface area contributed by atoms with Gasteiger partial charge in [0.25, 0.3) is 11.8 Å². The first-order chi connectivity index (χ1) is 12.9. The SMILES string of the molecule is O=C(c1ccc(C(F)(F)F)nc1)N1CC[C@@H](c2noc(-c3cccs3)n2)C1. The van der Waals surface area contributed by atoms with Gasteiger partial charge in [-0.3, -0.25) is 9.78 Å². The number of carbonyl (C=O) groups excluding carboxylic acids is 1. The van der Waals surface area contributed by atoms with Crippen LogP contribution in [0.4, 0.5) is 13.2 Å². The Bertz CT molecular complexity index is 938. The van der Waals surface area contributed by atoms with Crippen molar-refractivity contribution in [2.45, 2.75) is 18.5 Å². The Morgan fingerprint density at radius 3 is 2.81 bits per heavy atom. The van der Waals surface area contributed by atoms with Gasteiger partial charge in [-0.2, -0.15) is 18.2 Å². The standard InChI is InChI=1S/C17H13F3N4O2S/c18-17(19,20)13-4-3-10(8-21-13)16(25)24-6-5-11(9-24)14-22-15(26-23-14)12-2-1-7-27-12/h1-4,7-8,11H,5-6,9H2/t11-/m1/s1. The molecule has 0 unspecified atom stereocenters. The van der Waals surface area contributed by atoms with Gasteiger partial charge in [0.05, 0.1) is 10.4 Å². The van der Waals surface area contributed by atoms with Gasteiger partial charge in [-0.1, -0.05) is 11.2 Å². The molecule has 1 fully saturated rings. The van der Waals surface area contributed by atoms with Crippen molar-refractivity contribution in [3.05, 3.63) is 52.9 Å². The van der Waals surface area contributed by atoms with Gasteiger partial charge in [0.15, 0.2) is 5.82 Å². The molecule has 1 saturated heterocycles. The normalized spacial score (nSPS) is 17.4. The number of alkyl halides is 3. The molecule has 0 saturated carbocycles. The van der Waals surface area contributed by atoms with Crippen molar-refractivity contribution in [3.63, 3.8) is 0 Å². The average molecular weight is 394 g/mol. The van der Waals surface area contributed by atoms with Crippen LogP contribution in [0.1, 0.15) is 34.2 Å². The summed E-state index contributed by atoms with van der Waals surface area (Å²) in [5, 5.41) is 5.91. The van der Waals surface area contributed by atoms with Crippen molar-refractivity contribution in [2.24, 2.45) is 0 Å². The van der Waals surface area contributed by atoms with Crippen LogP contribution in [0.5, 0.6) is 0 Å². The molecule has 3 aromatic heterocycles. The van der Waals surface area contributed by atoms with E-state index in [0.717, 1.165) is 23.2 Å². The summed E-state index contributed by atoms with van der Waals surface area (Å²) in [5.41, 5.74) is -0.901. The molecule has 140 valence electrons. The monoisotopic (exact) mass is 394 g/mol. The van der Waals surface area contributed by atoms with Crippen molar-refractivity contribution in [2.75, 3.05) is 13.1 Å². The summed E-state index contributed by atoms with van der Waals surface area (Å²) < 4.78 is 43.0. The van der Waals surface area contributed by atoms with Gasteiger partial charge in [0.1, 0.15) is 5.69 Å². The van der Waals surface area contributed by atoms with Gasteiger partial charge < -0.3 is 9.42 Å². The molecule has 0 aliphatic carbocycles. The van der Waals surface area contributed by atoms with Gasteiger partial charge in [-0.25, -0.2) is 0 Å². The van der Waals surface area contributed by atoms with Crippen LogP contribution in [0.3, 0.4) is 0 Å². The highest BCUT2D eigenvalue weighted by Gasteiger charge is 2.34. The fourth-order valence-electron chi connectivity index (χ4n) is 2.93. The number of halogens is 3. The highest BCUT2D eigenvalue weighted by molar-refractivity contribution is 7.13. The Hall–Kier alpha value is -2.75. The van der Waals surface area contributed by atoms with E-state index < -0.39 is 11.9 Å². The lowest BCUT2D eigenvalue weighted by atomic mass is 10.1. The summed E-state index contributed by atoms with van der Waals surface area (Å²) in [7, 11) is 0. The number of nitrogens with zero attached hydrogens (tertiary/aromatic N) is 4. The van der Waals surface area contributed by atoms with Crippen LogP contribution in [-0.2, 0) is 6.18 Å². The number of amides is 1. The Morgan fingerprint density at radius 1 is 1.30 bits per heavy atom. The highest BCUT2D eigenvalue weighted by atomic mass is 32.1. The molecule has 0 spiro atoms. The number of hydrogen-bond donors (Lipinski definition) is 0. The van der Waals surface area contributed by atoms with Crippen molar-refractivity contribution in [1.82, 2.24) is 20.0 Å². The van der Waals surface area contributed by atoms with Crippen molar-refractivity contribution in [3.8, 4) is 10.8 Å². The summed E-state index contributed by atoms with van der Waals surface area (Å²) in [6, 6.07) is 5.73. The molecular formula is C17H13F3N4O2S. The molecule has 1 aliphatic rings. The molecule has 10 heteroatoms. The van der Waals surface area contributed by atoms with Gasteiger partial charge >= 0.3 is 6.18 Å². The van der Waals surface area contributed by atoms with E-state index >= 15 is 0 Å². The molecule has 4 rings (SSSR count). The number of likely N-dealkylation sites (tertiary alicyclic amines) is 1. The molecule has 0 radical (unpaired) electrons. The first kappa shape index (κ1) is 17.7. The number of rotatable bonds is 3. The molecule has 1 aliphatic heterocycles. The van der Waals surface area contributed by atoms with Crippen molar-refractivity contribution in [1.29, 1.82) is 0 Å². The maximum Gasteiger partial charge on any atom is 0.433 e. The number of aromatic nitrogens is 3. The maximum atomic E-state index is 12.6. The highest BCUT2D eigenvalue weighted by Crippen LogP contribution is 2.30. The quantitative estimate of drug-likeness (QED) is 0.675. The fourth-order valence-corrected chi connectivity index (χ4v) is 3.57.